The maximum Gasteiger partial charge on any atom is 0.261 e. The van der Waals surface area contributed by atoms with Gasteiger partial charge < -0.3 is 15.0 Å². The fourth-order valence-electron chi connectivity index (χ4n) is 3.82. The summed E-state index contributed by atoms with van der Waals surface area (Å²) < 4.78 is 30.9. The van der Waals surface area contributed by atoms with E-state index in [2.05, 4.69) is 14.9 Å². The van der Waals surface area contributed by atoms with Crippen LogP contribution in [0.5, 0.6) is 10.8 Å². The molecule has 7 nitrogen and oxygen atoms in total. The van der Waals surface area contributed by atoms with E-state index in [0.29, 0.717) is 27.3 Å². The zero-order chi connectivity index (χ0) is 19.7. The number of nitrogens with zero attached hydrogens (tertiary/aromatic N) is 1. The predicted molar refractivity (Wildman–Crippen MR) is 110 cm³/mol. The second kappa shape index (κ2) is 7.73. The topological polar surface area (TPSA) is 87.7 Å². The third-order valence-corrected chi connectivity index (χ3v) is 6.70. The predicted octanol–water partition coefficient (Wildman–Crippen LogP) is 2.74. The Labute approximate surface area is 168 Å². The molecule has 2 aromatic rings. The van der Waals surface area contributed by atoms with Gasteiger partial charge in [0.15, 0.2) is 5.06 Å². The van der Waals surface area contributed by atoms with Crippen molar-refractivity contribution in [2.45, 2.75) is 18.9 Å². The molecule has 2 N–H and O–H groups in total. The first-order valence-electron chi connectivity index (χ1n) is 9.24. The van der Waals surface area contributed by atoms with E-state index in [0.717, 1.165) is 38.7 Å². The maximum atomic E-state index is 12.6. The Morgan fingerprint density at radius 3 is 2.68 bits per heavy atom. The molecule has 0 saturated carbocycles. The lowest BCUT2D eigenvalue weighted by molar-refractivity contribution is 0.0622. The molecule has 4 heterocycles. The number of nitrogens with one attached hydrogen (secondary N) is 2. The number of carbonyl (C=O) groups excluding carboxylic acids is 1. The van der Waals surface area contributed by atoms with Crippen molar-refractivity contribution < 1.29 is 17.9 Å². The van der Waals surface area contributed by atoms with Crippen molar-refractivity contribution in [1.82, 2.24) is 10.2 Å². The van der Waals surface area contributed by atoms with E-state index in [9.17, 15) is 13.2 Å². The molecule has 3 fully saturated rings. The fraction of sp³-hybridized carbons (Fsp3) is 0.421. The smallest absolute Gasteiger partial charge is 0.261 e. The van der Waals surface area contributed by atoms with Gasteiger partial charge in [-0.3, -0.25) is 9.52 Å². The van der Waals surface area contributed by atoms with Crippen molar-refractivity contribution >= 4 is 33.0 Å². The van der Waals surface area contributed by atoms with Crippen molar-refractivity contribution in [3.05, 3.63) is 41.3 Å². The van der Waals surface area contributed by atoms with Crippen LogP contribution in [0.1, 0.15) is 22.5 Å². The summed E-state index contributed by atoms with van der Waals surface area (Å²) in [7, 11) is -3.35. The second-order valence-electron chi connectivity index (χ2n) is 7.34. The molecule has 150 valence electrons. The summed E-state index contributed by atoms with van der Waals surface area (Å²) >= 11 is 1.28. The molecule has 1 aromatic carbocycles. The minimum Gasteiger partial charge on any atom is -0.447 e. The van der Waals surface area contributed by atoms with E-state index < -0.39 is 10.0 Å². The molecule has 5 rings (SSSR count). The summed E-state index contributed by atoms with van der Waals surface area (Å²) in [5, 5.41) is 3.76. The van der Waals surface area contributed by atoms with Crippen LogP contribution in [-0.4, -0.2) is 51.2 Å². The average Bonchev–Trinajstić information content (AvgIpc) is 3.10. The lowest BCUT2D eigenvalue weighted by Crippen LogP contribution is -2.57. The SMILES string of the molecule is CS(=O)(=O)Nc1cccc(Oc2ccc(C(=O)N[C@H]3CN4CCC3CC4)s2)c1. The van der Waals surface area contributed by atoms with Crippen LogP contribution in [0, 0.1) is 5.92 Å². The largest absolute Gasteiger partial charge is 0.447 e. The Kier molecular flexibility index (Phi) is 5.31. The highest BCUT2D eigenvalue weighted by Crippen LogP contribution is 2.32. The molecule has 3 aliphatic heterocycles. The average molecular weight is 422 g/mol. The molecule has 1 atom stereocenters. The van der Waals surface area contributed by atoms with Crippen LogP contribution in [0.4, 0.5) is 5.69 Å². The number of fused-ring (bicyclic) bond motifs is 3. The molecule has 0 spiro atoms. The van der Waals surface area contributed by atoms with Crippen LogP contribution in [0.15, 0.2) is 36.4 Å². The number of hydrogen-bond donors (Lipinski definition) is 2. The van der Waals surface area contributed by atoms with Gasteiger partial charge in [0.25, 0.3) is 5.91 Å². The molecule has 2 bridgehead atoms. The first-order chi connectivity index (χ1) is 13.4. The number of carbonyl (C=O) groups is 1. The van der Waals surface area contributed by atoms with Gasteiger partial charge in [-0.2, -0.15) is 0 Å². The van der Waals surface area contributed by atoms with E-state index in [1.807, 2.05) is 0 Å². The van der Waals surface area contributed by atoms with Crippen molar-refractivity contribution in [3.63, 3.8) is 0 Å². The van der Waals surface area contributed by atoms with Gasteiger partial charge in [0.2, 0.25) is 10.0 Å². The molecule has 1 amide bonds. The van der Waals surface area contributed by atoms with Gasteiger partial charge >= 0.3 is 0 Å². The lowest BCUT2D eigenvalue weighted by Gasteiger charge is -2.44. The van der Waals surface area contributed by atoms with E-state index in [-0.39, 0.29) is 11.9 Å². The molecule has 0 aliphatic carbocycles. The Morgan fingerprint density at radius 2 is 2.00 bits per heavy atom. The molecular formula is C19H23N3O4S2. The van der Waals surface area contributed by atoms with Gasteiger partial charge in [-0.1, -0.05) is 17.4 Å². The number of rotatable bonds is 6. The number of anilines is 1. The third kappa shape index (κ3) is 4.65. The van der Waals surface area contributed by atoms with Crippen molar-refractivity contribution in [3.8, 4) is 10.8 Å². The molecule has 0 radical (unpaired) electrons. The summed E-state index contributed by atoms with van der Waals surface area (Å²) in [5.74, 6) is 1.01. The quantitative estimate of drug-likeness (QED) is 0.749. The van der Waals surface area contributed by atoms with Gasteiger partial charge in [-0.15, -0.1) is 0 Å². The molecule has 1 aromatic heterocycles. The first-order valence-corrected chi connectivity index (χ1v) is 12.0. The summed E-state index contributed by atoms with van der Waals surface area (Å²) in [5.41, 5.74) is 0.428. The Morgan fingerprint density at radius 1 is 1.21 bits per heavy atom. The van der Waals surface area contributed by atoms with Crippen molar-refractivity contribution in [2.75, 3.05) is 30.6 Å². The molecule has 0 unspecified atom stereocenters. The number of thiophene rings is 1. The second-order valence-corrected chi connectivity index (χ2v) is 10.1. The van der Waals surface area contributed by atoms with Gasteiger partial charge in [0.1, 0.15) is 5.75 Å². The minimum atomic E-state index is -3.35. The van der Waals surface area contributed by atoms with Crippen LogP contribution >= 0.6 is 11.3 Å². The zero-order valence-corrected chi connectivity index (χ0v) is 17.2. The maximum absolute atomic E-state index is 12.6. The minimum absolute atomic E-state index is 0.0638. The Balaban J connectivity index is 1.39. The van der Waals surface area contributed by atoms with E-state index >= 15 is 0 Å². The molecule has 9 heteroatoms. The number of ether oxygens (including phenoxy) is 1. The molecule has 3 saturated heterocycles. The molecule has 3 aliphatic rings. The van der Waals surface area contributed by atoms with Crippen molar-refractivity contribution in [2.24, 2.45) is 5.92 Å². The van der Waals surface area contributed by atoms with Gasteiger partial charge in [-0.05, 0) is 56.1 Å². The monoisotopic (exact) mass is 421 g/mol. The number of amides is 1. The zero-order valence-electron chi connectivity index (χ0n) is 15.6. The lowest BCUT2D eigenvalue weighted by atomic mass is 9.84. The van der Waals surface area contributed by atoms with Gasteiger partial charge in [0, 0.05) is 18.7 Å². The van der Waals surface area contributed by atoms with Crippen LogP contribution in [-0.2, 0) is 10.0 Å². The summed E-state index contributed by atoms with van der Waals surface area (Å²) in [6.07, 6.45) is 3.41. The normalized spacial score (nSPS) is 24.0. The van der Waals surface area contributed by atoms with Crippen molar-refractivity contribution in [1.29, 1.82) is 0 Å². The number of piperidine rings is 3. The highest BCUT2D eigenvalue weighted by molar-refractivity contribution is 7.92. The Hall–Kier alpha value is -2.10. The number of sulfonamides is 1. The summed E-state index contributed by atoms with van der Waals surface area (Å²) in [4.78, 5) is 15.6. The summed E-state index contributed by atoms with van der Waals surface area (Å²) in [6.45, 7) is 3.22. The van der Waals surface area contributed by atoms with Gasteiger partial charge in [0.05, 0.1) is 16.8 Å². The highest BCUT2D eigenvalue weighted by atomic mass is 32.2. The van der Waals surface area contributed by atoms with Crippen LogP contribution in [0.3, 0.4) is 0 Å². The van der Waals surface area contributed by atoms with E-state index in [1.54, 1.807) is 36.4 Å². The highest BCUT2D eigenvalue weighted by Gasteiger charge is 2.35. The molecule has 28 heavy (non-hydrogen) atoms. The summed E-state index contributed by atoms with van der Waals surface area (Å²) in [6, 6.07) is 10.4. The number of hydrogen-bond acceptors (Lipinski definition) is 6. The van der Waals surface area contributed by atoms with E-state index in [1.165, 1.54) is 11.3 Å². The van der Waals surface area contributed by atoms with Crippen LogP contribution < -0.4 is 14.8 Å². The third-order valence-electron chi connectivity index (χ3n) is 5.13. The fourth-order valence-corrected chi connectivity index (χ4v) is 5.15. The van der Waals surface area contributed by atoms with E-state index in [4.69, 9.17) is 4.74 Å². The van der Waals surface area contributed by atoms with Crippen LogP contribution in [0.2, 0.25) is 0 Å². The number of benzene rings is 1. The first kappa shape index (κ1) is 19.2. The Bertz CT molecular complexity index is 965. The van der Waals surface area contributed by atoms with Crippen LogP contribution in [0.25, 0.3) is 0 Å². The van der Waals surface area contributed by atoms with Gasteiger partial charge in [-0.25, -0.2) is 8.42 Å². The standard InChI is InChI=1S/C19H23N3O4S2/c1-28(24,25)21-14-3-2-4-15(11-14)26-18-6-5-17(27-18)19(23)20-16-12-22-9-7-13(16)8-10-22/h2-6,11,13,16,21H,7-10,12H2,1H3,(H,20,23)/t16-/m0/s1. The molecular weight excluding hydrogens is 398 g/mol.